The minimum atomic E-state index is -0.689. The van der Waals surface area contributed by atoms with E-state index in [9.17, 15) is 9.90 Å². The quantitative estimate of drug-likeness (QED) is 0.369. The van der Waals surface area contributed by atoms with E-state index < -0.39 is 6.10 Å². The number of hydrogen-bond acceptors (Lipinski definition) is 4. The average molecular weight is 441 g/mol. The Hall–Kier alpha value is -2.90. The maximum absolute atomic E-state index is 12.1. The van der Waals surface area contributed by atoms with Crippen molar-refractivity contribution in [3.05, 3.63) is 71.3 Å². The molecule has 7 nitrogen and oxygen atoms in total. The Kier molecular flexibility index (Phi) is 10.7. The number of benzene rings is 2. The summed E-state index contributed by atoms with van der Waals surface area (Å²) in [7, 11) is 3.50. The van der Waals surface area contributed by atoms with Crippen LogP contribution in [-0.4, -0.2) is 68.3 Å². The summed E-state index contributed by atoms with van der Waals surface area (Å²) in [5.74, 6) is 0.635. The van der Waals surface area contributed by atoms with Crippen molar-refractivity contribution in [3.8, 4) is 0 Å². The Balaban J connectivity index is 1.81. The van der Waals surface area contributed by atoms with Gasteiger partial charge < -0.3 is 25.4 Å². The smallest absolute Gasteiger partial charge is 0.253 e. The molecule has 0 saturated heterocycles. The molecular formula is C25H36N4O3. The van der Waals surface area contributed by atoms with E-state index in [4.69, 9.17) is 4.74 Å². The van der Waals surface area contributed by atoms with Gasteiger partial charge in [0.1, 0.15) is 0 Å². The first-order valence-electron chi connectivity index (χ1n) is 11.1. The Bertz CT molecular complexity index is 855. The van der Waals surface area contributed by atoms with Crippen LogP contribution in [0.2, 0.25) is 0 Å². The van der Waals surface area contributed by atoms with Crippen LogP contribution in [0.25, 0.3) is 0 Å². The lowest BCUT2D eigenvalue weighted by atomic mass is 10.1. The first-order valence-corrected chi connectivity index (χ1v) is 11.1. The molecule has 2 aromatic carbocycles. The third kappa shape index (κ3) is 8.69. The van der Waals surface area contributed by atoms with Gasteiger partial charge >= 0.3 is 0 Å². The van der Waals surface area contributed by atoms with Gasteiger partial charge in [-0.3, -0.25) is 9.79 Å². The van der Waals surface area contributed by atoms with Crippen LogP contribution in [0.15, 0.2) is 59.6 Å². The van der Waals surface area contributed by atoms with Crippen LogP contribution in [-0.2, 0) is 11.2 Å². The number of nitrogens with one attached hydrogen (secondary N) is 2. The standard InChI is InChI=1S/C25H36N4O3/c1-5-26-25(27-15-14-20-10-9-13-22(16-20)24(31)29(3)4)28-17-23(30)18-32-19(2)21-11-7-6-8-12-21/h6-13,16,19,23,30H,5,14-15,17-18H2,1-4H3,(H2,26,27,28). The molecule has 3 N–H and O–H groups in total. The van der Waals surface area contributed by atoms with Crippen LogP contribution >= 0.6 is 0 Å². The lowest BCUT2D eigenvalue weighted by Gasteiger charge is -2.17. The lowest BCUT2D eigenvalue weighted by molar-refractivity contribution is 0.00112. The number of carbonyl (C=O) groups excluding carboxylic acids is 1. The second kappa shape index (κ2) is 13.5. The summed E-state index contributed by atoms with van der Waals surface area (Å²) in [5, 5.41) is 16.7. The van der Waals surface area contributed by atoms with Gasteiger partial charge in [-0.25, -0.2) is 0 Å². The van der Waals surface area contributed by atoms with Crippen molar-refractivity contribution in [1.29, 1.82) is 0 Å². The van der Waals surface area contributed by atoms with E-state index in [0.717, 1.165) is 24.1 Å². The van der Waals surface area contributed by atoms with Crippen LogP contribution in [0.5, 0.6) is 0 Å². The summed E-state index contributed by atoms with van der Waals surface area (Å²) in [5.41, 5.74) is 2.83. The molecule has 0 bridgehead atoms. The zero-order valence-electron chi connectivity index (χ0n) is 19.5. The molecular weight excluding hydrogens is 404 g/mol. The second-order valence-electron chi connectivity index (χ2n) is 7.84. The molecule has 0 aliphatic rings. The summed E-state index contributed by atoms with van der Waals surface area (Å²) >= 11 is 0. The highest BCUT2D eigenvalue weighted by Crippen LogP contribution is 2.16. The molecule has 0 aromatic heterocycles. The lowest BCUT2D eigenvalue weighted by Crippen LogP contribution is -2.39. The number of guanidine groups is 1. The number of hydrogen-bond donors (Lipinski definition) is 3. The van der Waals surface area contributed by atoms with Gasteiger partial charge in [-0.1, -0.05) is 42.5 Å². The summed E-state index contributed by atoms with van der Waals surface area (Å²) < 4.78 is 5.78. The molecule has 2 aromatic rings. The number of ether oxygens (including phenoxy) is 1. The van der Waals surface area contributed by atoms with Gasteiger partial charge in [-0.05, 0) is 43.5 Å². The molecule has 1 amide bonds. The van der Waals surface area contributed by atoms with Gasteiger partial charge in [-0.2, -0.15) is 0 Å². The van der Waals surface area contributed by atoms with Gasteiger partial charge in [0.05, 0.1) is 25.4 Å². The molecule has 0 saturated carbocycles. The maximum Gasteiger partial charge on any atom is 0.253 e. The van der Waals surface area contributed by atoms with Crippen LogP contribution in [0.3, 0.4) is 0 Å². The SMILES string of the molecule is CCNC(=NCC(O)COC(C)c1ccccc1)NCCc1cccc(C(=O)N(C)C)c1. The van der Waals surface area contributed by atoms with Crippen molar-refractivity contribution in [2.24, 2.45) is 4.99 Å². The molecule has 7 heteroatoms. The molecule has 174 valence electrons. The van der Waals surface area contributed by atoms with Crippen LogP contribution in [0, 0.1) is 0 Å². The van der Waals surface area contributed by atoms with Crippen molar-refractivity contribution < 1.29 is 14.6 Å². The van der Waals surface area contributed by atoms with Gasteiger partial charge in [0.15, 0.2) is 5.96 Å². The fraction of sp³-hybridized carbons (Fsp3) is 0.440. The van der Waals surface area contributed by atoms with E-state index >= 15 is 0 Å². The Morgan fingerprint density at radius 2 is 1.88 bits per heavy atom. The average Bonchev–Trinajstić information content (AvgIpc) is 2.81. The number of nitrogens with zero attached hydrogens (tertiary/aromatic N) is 2. The monoisotopic (exact) mass is 440 g/mol. The minimum Gasteiger partial charge on any atom is -0.389 e. The minimum absolute atomic E-state index is 0.00694. The van der Waals surface area contributed by atoms with Crippen molar-refractivity contribution in [3.63, 3.8) is 0 Å². The number of rotatable bonds is 11. The van der Waals surface area contributed by atoms with E-state index in [1.165, 1.54) is 0 Å². The highest BCUT2D eigenvalue weighted by Gasteiger charge is 2.11. The molecule has 2 unspecified atom stereocenters. The van der Waals surface area contributed by atoms with E-state index in [1.54, 1.807) is 19.0 Å². The number of aliphatic hydroxyl groups is 1. The summed E-state index contributed by atoms with van der Waals surface area (Å²) in [6.07, 6.45) is -0.0270. The molecule has 0 aliphatic carbocycles. The molecule has 0 radical (unpaired) electrons. The zero-order chi connectivity index (χ0) is 23.3. The predicted molar refractivity (Wildman–Crippen MR) is 129 cm³/mol. The van der Waals surface area contributed by atoms with Crippen molar-refractivity contribution >= 4 is 11.9 Å². The number of aliphatic hydroxyl groups excluding tert-OH is 1. The Morgan fingerprint density at radius 3 is 2.56 bits per heavy atom. The molecule has 2 atom stereocenters. The van der Waals surface area contributed by atoms with E-state index in [-0.39, 0.29) is 25.2 Å². The van der Waals surface area contributed by atoms with Crippen molar-refractivity contribution in [1.82, 2.24) is 15.5 Å². The van der Waals surface area contributed by atoms with Gasteiger partial charge in [-0.15, -0.1) is 0 Å². The third-order valence-corrected chi connectivity index (χ3v) is 4.90. The van der Waals surface area contributed by atoms with E-state index in [2.05, 4.69) is 15.6 Å². The second-order valence-corrected chi connectivity index (χ2v) is 7.84. The first kappa shape index (κ1) is 25.4. The fourth-order valence-corrected chi connectivity index (χ4v) is 3.11. The summed E-state index contributed by atoms with van der Waals surface area (Å²) in [6.45, 7) is 5.79. The highest BCUT2D eigenvalue weighted by molar-refractivity contribution is 5.94. The van der Waals surface area contributed by atoms with Crippen LogP contribution < -0.4 is 10.6 Å². The molecule has 0 aliphatic heterocycles. The number of carbonyl (C=O) groups is 1. The van der Waals surface area contributed by atoms with E-state index in [1.807, 2.05) is 68.4 Å². The largest absolute Gasteiger partial charge is 0.389 e. The Labute approximate surface area is 191 Å². The third-order valence-electron chi connectivity index (χ3n) is 4.90. The molecule has 32 heavy (non-hydrogen) atoms. The predicted octanol–water partition coefficient (Wildman–Crippen LogP) is 2.62. The fourth-order valence-electron chi connectivity index (χ4n) is 3.11. The number of amides is 1. The molecule has 0 fully saturated rings. The van der Waals surface area contributed by atoms with Crippen LogP contribution in [0.4, 0.5) is 0 Å². The van der Waals surface area contributed by atoms with Crippen molar-refractivity contribution in [2.45, 2.75) is 32.5 Å². The zero-order valence-corrected chi connectivity index (χ0v) is 19.5. The number of aliphatic imine (C=N–C) groups is 1. The van der Waals surface area contributed by atoms with Gasteiger partial charge in [0, 0.05) is 32.7 Å². The molecule has 0 heterocycles. The van der Waals surface area contributed by atoms with Gasteiger partial charge in [0.25, 0.3) is 5.91 Å². The summed E-state index contributed by atoms with van der Waals surface area (Å²) in [4.78, 5) is 18.2. The van der Waals surface area contributed by atoms with Gasteiger partial charge in [0.2, 0.25) is 0 Å². The highest BCUT2D eigenvalue weighted by atomic mass is 16.5. The van der Waals surface area contributed by atoms with E-state index in [0.29, 0.717) is 18.1 Å². The normalized spacial score (nSPS) is 13.3. The first-order chi connectivity index (χ1) is 15.4. The maximum atomic E-state index is 12.1. The molecule has 0 spiro atoms. The van der Waals surface area contributed by atoms with Crippen molar-refractivity contribution in [2.75, 3.05) is 40.3 Å². The summed E-state index contributed by atoms with van der Waals surface area (Å²) in [6, 6.07) is 17.6. The Morgan fingerprint density at radius 1 is 1.12 bits per heavy atom. The van der Waals surface area contributed by atoms with Crippen LogP contribution in [0.1, 0.15) is 41.4 Å². The molecule has 2 rings (SSSR count). The topological polar surface area (TPSA) is 86.2 Å².